The van der Waals surface area contributed by atoms with Gasteiger partial charge in [-0.2, -0.15) is 18.6 Å². The van der Waals surface area contributed by atoms with E-state index in [1.165, 1.54) is 9.96 Å². The number of aromatic nitrogens is 2. The predicted octanol–water partition coefficient (Wildman–Crippen LogP) is 10.2. The third-order valence-electron chi connectivity index (χ3n) is 9.17. The number of benzene rings is 5. The van der Waals surface area contributed by atoms with Crippen LogP contribution in [0.5, 0.6) is 0 Å². The summed E-state index contributed by atoms with van der Waals surface area (Å²) in [5, 5.41) is 4.50. The Kier molecular flexibility index (Phi) is 9.91. The van der Waals surface area contributed by atoms with Gasteiger partial charge in [0, 0.05) is 37.9 Å². The SMILES string of the molecule is [CH2-]c1ccc2c(oc3cc(-c4ccccc4)ccc32)c1-c1cc2ccccc2c[n+]1[CH2-].[CH2-]c1ccccc1-c1cc[c]([Ge]([CH3])([CH3])[CH3])c[n+]1[CH2-].[Ir]. The first-order chi connectivity index (χ1) is 23.6. The van der Waals surface area contributed by atoms with Crippen LogP contribution in [0.1, 0.15) is 11.1 Å². The topological polar surface area (TPSA) is 20.9 Å². The monoisotopic (exact) mass is 891 g/mol. The summed E-state index contributed by atoms with van der Waals surface area (Å²) in [5.74, 6) is 7.18. The third-order valence-corrected chi connectivity index (χ3v) is 13.4. The molecule has 8 aromatic rings. The molecule has 0 amide bonds. The Morgan fingerprint density at radius 1 is 0.560 bits per heavy atom. The minimum absolute atomic E-state index is 0. The zero-order valence-electron chi connectivity index (χ0n) is 28.7. The van der Waals surface area contributed by atoms with E-state index in [0.29, 0.717) is 0 Å². The van der Waals surface area contributed by atoms with Crippen LogP contribution in [0.15, 0.2) is 144 Å². The van der Waals surface area contributed by atoms with Crippen LogP contribution in [-0.2, 0) is 20.1 Å². The average Bonchev–Trinajstić information content (AvgIpc) is 3.46. The van der Waals surface area contributed by atoms with Crippen molar-refractivity contribution in [3.05, 3.63) is 179 Å². The van der Waals surface area contributed by atoms with Crippen LogP contribution in [-0.4, -0.2) is 13.3 Å². The quantitative estimate of drug-likeness (QED) is 0.0980. The van der Waals surface area contributed by atoms with E-state index in [-0.39, 0.29) is 20.1 Å². The van der Waals surface area contributed by atoms with E-state index in [1.54, 1.807) is 0 Å². The van der Waals surface area contributed by atoms with Gasteiger partial charge in [-0.15, -0.1) is 6.07 Å². The fraction of sp³-hybridized carbons (Fsp3) is 0.0667. The second-order valence-electron chi connectivity index (χ2n) is 13.6. The summed E-state index contributed by atoms with van der Waals surface area (Å²) in [6.07, 6.45) is 4.24. The van der Waals surface area contributed by atoms with Gasteiger partial charge in [0.1, 0.15) is 5.58 Å². The first-order valence-corrected chi connectivity index (χ1v) is 23.8. The van der Waals surface area contributed by atoms with Crippen molar-refractivity contribution in [2.75, 3.05) is 0 Å². The number of fused-ring (bicyclic) bond motifs is 4. The molecule has 0 aliphatic heterocycles. The van der Waals surface area contributed by atoms with Crippen molar-refractivity contribution in [3.63, 3.8) is 0 Å². The second kappa shape index (κ2) is 14.2. The van der Waals surface area contributed by atoms with Crippen molar-refractivity contribution in [1.29, 1.82) is 0 Å². The standard InChI is InChI=1S/C29H20NO.C16H20GeN.Ir/c1-19-12-14-25-24-15-13-22(20-8-4-3-5-9-20)17-27(24)31-29(25)28(19)26-16-21-10-6-7-11-23(21)18-30(26)2;1-13-8-6-7-9-15(13)16-11-10-14(12-18(16)5)17(2,3)4;/h3-18H,1-2H2;6-12H,1,5H2,2-4H3;/q2*-1;. The van der Waals surface area contributed by atoms with E-state index in [1.807, 2.05) is 39.5 Å². The summed E-state index contributed by atoms with van der Waals surface area (Å²) < 4.78 is 11.8. The minimum atomic E-state index is -1.78. The molecule has 3 aromatic heterocycles. The van der Waals surface area contributed by atoms with Crippen LogP contribution < -0.4 is 13.5 Å². The van der Waals surface area contributed by atoms with Gasteiger partial charge >= 0.3 is 113 Å². The van der Waals surface area contributed by atoms with Gasteiger partial charge in [0.25, 0.3) is 0 Å². The van der Waals surface area contributed by atoms with Crippen molar-refractivity contribution >= 4 is 50.4 Å². The molecule has 0 spiro atoms. The first-order valence-electron chi connectivity index (χ1n) is 16.5. The van der Waals surface area contributed by atoms with Crippen LogP contribution in [0.25, 0.3) is 66.4 Å². The Bertz CT molecular complexity index is 2480. The molecule has 5 heteroatoms. The van der Waals surface area contributed by atoms with Crippen LogP contribution in [0, 0.1) is 27.9 Å². The van der Waals surface area contributed by atoms with E-state index in [4.69, 9.17) is 4.42 Å². The number of hydrogen-bond donors (Lipinski definition) is 0. The normalized spacial score (nSPS) is 11.3. The molecule has 0 saturated carbocycles. The van der Waals surface area contributed by atoms with Crippen LogP contribution in [0.3, 0.4) is 0 Å². The molecule has 3 heterocycles. The zero-order valence-corrected chi connectivity index (χ0v) is 33.2. The Labute approximate surface area is 311 Å². The summed E-state index contributed by atoms with van der Waals surface area (Å²) in [4.78, 5) is 0. The summed E-state index contributed by atoms with van der Waals surface area (Å²) in [6, 6.07) is 44.0. The van der Waals surface area contributed by atoms with E-state index in [0.717, 1.165) is 71.9 Å². The largest absolute Gasteiger partial charge is 0 e. The van der Waals surface area contributed by atoms with E-state index >= 15 is 0 Å². The molecule has 8 rings (SSSR count). The Morgan fingerprint density at radius 2 is 1.22 bits per heavy atom. The second-order valence-corrected chi connectivity index (χ2v) is 24.2. The van der Waals surface area contributed by atoms with Crippen molar-refractivity contribution in [2.45, 2.75) is 17.3 Å². The Balaban J connectivity index is 0.000000196. The third kappa shape index (κ3) is 6.80. The molecular weight excluding hydrogens is 849 g/mol. The molecule has 50 heavy (non-hydrogen) atoms. The maximum atomic E-state index is 6.47. The molecule has 0 aliphatic rings. The molecule has 0 saturated heterocycles. The van der Waals surface area contributed by atoms with Gasteiger partial charge in [-0.05, 0) is 34.0 Å². The van der Waals surface area contributed by atoms with Gasteiger partial charge in [-0.3, -0.25) is 0 Å². The van der Waals surface area contributed by atoms with Gasteiger partial charge in [-0.1, -0.05) is 72.3 Å². The molecule has 251 valence electrons. The minimum Gasteiger partial charge on any atom is 0 e. The van der Waals surface area contributed by atoms with Gasteiger partial charge in [0.2, 0.25) is 0 Å². The van der Waals surface area contributed by atoms with Gasteiger partial charge in [-0.25, -0.2) is 0 Å². The fourth-order valence-corrected chi connectivity index (χ4v) is 8.78. The van der Waals surface area contributed by atoms with Crippen LogP contribution in [0.2, 0.25) is 17.3 Å². The van der Waals surface area contributed by atoms with E-state index in [9.17, 15) is 0 Å². The molecule has 3 nitrogen and oxygen atoms in total. The van der Waals surface area contributed by atoms with Crippen molar-refractivity contribution < 1.29 is 33.7 Å². The molecule has 0 fully saturated rings. The van der Waals surface area contributed by atoms with Crippen molar-refractivity contribution in [2.24, 2.45) is 0 Å². The van der Waals surface area contributed by atoms with Crippen molar-refractivity contribution in [1.82, 2.24) is 0 Å². The molecule has 1 radical (unpaired) electrons. The van der Waals surface area contributed by atoms with Crippen molar-refractivity contribution in [3.8, 4) is 33.6 Å². The fourth-order valence-electron chi connectivity index (χ4n) is 6.42. The zero-order chi connectivity index (χ0) is 34.3. The average molecular weight is 890 g/mol. The predicted molar refractivity (Wildman–Crippen MR) is 208 cm³/mol. The summed E-state index contributed by atoms with van der Waals surface area (Å²) >= 11 is -1.78. The van der Waals surface area contributed by atoms with Gasteiger partial charge in [0.05, 0.1) is 17.5 Å². The van der Waals surface area contributed by atoms with E-state index < -0.39 is 13.3 Å². The number of pyridine rings is 2. The molecule has 5 aromatic carbocycles. The Hall–Kier alpha value is -4.87. The molecule has 0 N–H and O–H groups in total. The molecule has 0 atom stereocenters. The molecule has 0 unspecified atom stereocenters. The van der Waals surface area contributed by atoms with E-state index in [2.05, 4.69) is 155 Å². The first kappa shape index (κ1) is 35.0. The van der Waals surface area contributed by atoms with Gasteiger partial charge in [0.15, 0.2) is 0 Å². The summed E-state index contributed by atoms with van der Waals surface area (Å²) in [7, 11) is 8.38. The number of furan rings is 1. The summed E-state index contributed by atoms with van der Waals surface area (Å²) in [5.41, 5.74) is 10.2. The smallest absolute Gasteiger partial charge is 0 e. The maximum absolute atomic E-state index is 6.47. The van der Waals surface area contributed by atoms with Crippen LogP contribution >= 0.6 is 0 Å². The Morgan fingerprint density at radius 3 is 1.94 bits per heavy atom. The summed E-state index contributed by atoms with van der Waals surface area (Å²) in [6.45, 7) is 8.38. The molecule has 0 bridgehead atoms. The number of rotatable bonds is 4. The van der Waals surface area contributed by atoms with Crippen LogP contribution in [0.4, 0.5) is 0 Å². The molecular formula is C45H40GeIrN2O-2. The molecule has 0 aliphatic carbocycles. The number of hydrogen-bond acceptors (Lipinski definition) is 1. The van der Waals surface area contributed by atoms with Gasteiger partial charge < -0.3 is 8.98 Å². The maximum Gasteiger partial charge on any atom is 0 e. The number of nitrogens with zero attached hydrogens (tertiary/aromatic N) is 2.